The van der Waals surface area contributed by atoms with Crippen molar-refractivity contribution in [1.29, 1.82) is 0 Å². The maximum atomic E-state index is 5.43. The highest BCUT2D eigenvalue weighted by molar-refractivity contribution is 5.92. The van der Waals surface area contributed by atoms with Crippen LogP contribution in [0.3, 0.4) is 0 Å². The van der Waals surface area contributed by atoms with Crippen LogP contribution in [-0.2, 0) is 6.42 Å². The van der Waals surface area contributed by atoms with Crippen LogP contribution in [-0.4, -0.2) is 28.0 Å². The summed E-state index contributed by atoms with van der Waals surface area (Å²) in [6, 6.07) is 6.23. The number of anilines is 1. The van der Waals surface area contributed by atoms with Crippen LogP contribution in [0.4, 0.5) is 5.82 Å². The SMILES string of the molecule is CC(C)CCc1nc(N2CCC2)c2cc(-c3cnco3)ccc2n1. The van der Waals surface area contributed by atoms with E-state index in [-0.39, 0.29) is 0 Å². The van der Waals surface area contributed by atoms with Gasteiger partial charge < -0.3 is 9.32 Å². The van der Waals surface area contributed by atoms with Crippen molar-refractivity contribution in [2.45, 2.75) is 33.1 Å². The summed E-state index contributed by atoms with van der Waals surface area (Å²) in [5, 5.41) is 1.09. The lowest BCUT2D eigenvalue weighted by atomic mass is 10.1. The van der Waals surface area contributed by atoms with Crippen molar-refractivity contribution in [3.63, 3.8) is 0 Å². The molecule has 2 aromatic heterocycles. The second kappa shape index (κ2) is 6.23. The Morgan fingerprint density at radius 2 is 2.08 bits per heavy atom. The van der Waals surface area contributed by atoms with Gasteiger partial charge in [-0.2, -0.15) is 0 Å². The first-order chi connectivity index (χ1) is 11.7. The minimum atomic E-state index is 0.658. The molecule has 0 amide bonds. The minimum absolute atomic E-state index is 0.658. The Bertz CT molecular complexity index is 838. The predicted octanol–water partition coefficient (Wildman–Crippen LogP) is 4.08. The van der Waals surface area contributed by atoms with Gasteiger partial charge in [-0.05, 0) is 37.0 Å². The summed E-state index contributed by atoms with van der Waals surface area (Å²) in [5.41, 5.74) is 2.02. The van der Waals surface area contributed by atoms with Crippen molar-refractivity contribution in [2.75, 3.05) is 18.0 Å². The zero-order valence-corrected chi connectivity index (χ0v) is 14.2. The second-order valence-electron chi connectivity index (χ2n) is 6.83. The molecule has 0 bridgehead atoms. The first kappa shape index (κ1) is 15.1. The van der Waals surface area contributed by atoms with E-state index in [1.807, 2.05) is 6.07 Å². The van der Waals surface area contributed by atoms with Crippen LogP contribution in [0.5, 0.6) is 0 Å². The first-order valence-electron chi connectivity index (χ1n) is 8.65. The number of hydrogen-bond acceptors (Lipinski definition) is 5. The van der Waals surface area contributed by atoms with Gasteiger partial charge in [-0.1, -0.05) is 13.8 Å². The molecule has 0 saturated carbocycles. The third kappa shape index (κ3) is 2.86. The molecule has 5 heteroatoms. The molecule has 3 aromatic rings. The number of oxazole rings is 1. The van der Waals surface area contributed by atoms with Crippen molar-refractivity contribution in [3.8, 4) is 11.3 Å². The van der Waals surface area contributed by atoms with E-state index in [0.29, 0.717) is 5.92 Å². The van der Waals surface area contributed by atoms with Gasteiger partial charge >= 0.3 is 0 Å². The van der Waals surface area contributed by atoms with E-state index in [0.717, 1.165) is 59.8 Å². The third-order valence-corrected chi connectivity index (χ3v) is 4.54. The molecule has 1 aromatic carbocycles. The molecular formula is C19H22N4O. The summed E-state index contributed by atoms with van der Waals surface area (Å²) in [6.07, 6.45) is 6.47. The molecule has 0 spiro atoms. The summed E-state index contributed by atoms with van der Waals surface area (Å²) in [6.45, 7) is 6.62. The molecule has 1 aliphatic rings. The topological polar surface area (TPSA) is 55.1 Å². The highest BCUT2D eigenvalue weighted by atomic mass is 16.3. The van der Waals surface area contributed by atoms with E-state index in [1.165, 1.54) is 12.8 Å². The smallest absolute Gasteiger partial charge is 0.181 e. The molecular weight excluding hydrogens is 300 g/mol. The Hall–Kier alpha value is -2.43. The third-order valence-electron chi connectivity index (χ3n) is 4.54. The quantitative estimate of drug-likeness (QED) is 0.708. The molecule has 0 radical (unpaired) electrons. The van der Waals surface area contributed by atoms with Gasteiger partial charge in [-0.15, -0.1) is 0 Å². The van der Waals surface area contributed by atoms with Crippen LogP contribution in [0.15, 0.2) is 35.2 Å². The molecule has 24 heavy (non-hydrogen) atoms. The van der Waals surface area contributed by atoms with E-state index in [1.54, 1.807) is 6.20 Å². The maximum absolute atomic E-state index is 5.43. The van der Waals surface area contributed by atoms with Crippen LogP contribution in [0.25, 0.3) is 22.2 Å². The Labute approximate surface area is 141 Å². The Morgan fingerprint density at radius 3 is 2.75 bits per heavy atom. The molecule has 124 valence electrons. The molecule has 0 atom stereocenters. The number of aromatic nitrogens is 3. The van der Waals surface area contributed by atoms with Crippen molar-refractivity contribution >= 4 is 16.7 Å². The monoisotopic (exact) mass is 322 g/mol. The van der Waals surface area contributed by atoms with Gasteiger partial charge in [0.05, 0.1) is 11.7 Å². The second-order valence-corrected chi connectivity index (χ2v) is 6.83. The number of fused-ring (bicyclic) bond motifs is 1. The lowest BCUT2D eigenvalue weighted by Gasteiger charge is -2.33. The largest absolute Gasteiger partial charge is 0.444 e. The van der Waals surface area contributed by atoms with Gasteiger partial charge in [0.1, 0.15) is 11.6 Å². The Kier molecular flexibility index (Phi) is 3.92. The number of benzene rings is 1. The van der Waals surface area contributed by atoms with E-state index < -0.39 is 0 Å². The van der Waals surface area contributed by atoms with Crippen LogP contribution >= 0.6 is 0 Å². The predicted molar refractivity (Wildman–Crippen MR) is 95.0 cm³/mol. The van der Waals surface area contributed by atoms with Gasteiger partial charge in [0, 0.05) is 30.5 Å². The van der Waals surface area contributed by atoms with E-state index >= 15 is 0 Å². The number of nitrogens with zero attached hydrogens (tertiary/aromatic N) is 4. The fraction of sp³-hybridized carbons (Fsp3) is 0.421. The number of hydrogen-bond donors (Lipinski definition) is 0. The van der Waals surface area contributed by atoms with E-state index in [2.05, 4.69) is 35.9 Å². The number of rotatable bonds is 5. The summed E-state index contributed by atoms with van der Waals surface area (Å²) in [4.78, 5) is 16.0. The maximum Gasteiger partial charge on any atom is 0.181 e. The summed E-state index contributed by atoms with van der Waals surface area (Å²) >= 11 is 0. The Balaban J connectivity index is 1.79. The zero-order valence-electron chi connectivity index (χ0n) is 14.2. The Morgan fingerprint density at radius 1 is 1.21 bits per heavy atom. The van der Waals surface area contributed by atoms with Crippen LogP contribution in [0.2, 0.25) is 0 Å². The van der Waals surface area contributed by atoms with Gasteiger partial charge in [0.2, 0.25) is 0 Å². The van der Waals surface area contributed by atoms with Crippen molar-refractivity contribution in [2.24, 2.45) is 5.92 Å². The molecule has 1 fully saturated rings. The molecule has 5 nitrogen and oxygen atoms in total. The van der Waals surface area contributed by atoms with E-state index in [4.69, 9.17) is 14.4 Å². The van der Waals surface area contributed by atoms with Crippen molar-refractivity contribution in [3.05, 3.63) is 36.6 Å². The summed E-state index contributed by atoms with van der Waals surface area (Å²) in [7, 11) is 0. The molecule has 0 unspecified atom stereocenters. The fourth-order valence-electron chi connectivity index (χ4n) is 2.97. The van der Waals surface area contributed by atoms with Crippen molar-refractivity contribution in [1.82, 2.24) is 15.0 Å². The summed E-state index contributed by atoms with van der Waals surface area (Å²) in [5.74, 6) is 3.44. The van der Waals surface area contributed by atoms with Gasteiger partial charge in [0.25, 0.3) is 0 Å². The minimum Gasteiger partial charge on any atom is -0.444 e. The molecule has 0 N–H and O–H groups in total. The fourth-order valence-corrected chi connectivity index (χ4v) is 2.97. The van der Waals surface area contributed by atoms with Gasteiger partial charge in [-0.3, -0.25) is 0 Å². The standard InChI is InChI=1S/C19H22N4O/c1-13(2)4-7-18-21-16-6-5-14(17-11-20-12-24-17)10-15(16)19(22-18)23-8-3-9-23/h5-6,10-13H,3-4,7-9H2,1-2H3. The molecule has 0 aliphatic carbocycles. The zero-order chi connectivity index (χ0) is 16.5. The van der Waals surface area contributed by atoms with Crippen LogP contribution in [0, 0.1) is 5.92 Å². The van der Waals surface area contributed by atoms with E-state index in [9.17, 15) is 0 Å². The lowest BCUT2D eigenvalue weighted by molar-refractivity contribution is 0.571. The van der Waals surface area contributed by atoms with Crippen LogP contribution in [0.1, 0.15) is 32.5 Å². The normalized spacial score (nSPS) is 14.4. The molecule has 1 aliphatic heterocycles. The highest BCUT2D eigenvalue weighted by Crippen LogP contribution is 2.31. The lowest BCUT2D eigenvalue weighted by Crippen LogP contribution is -2.38. The molecule has 3 heterocycles. The number of aryl methyl sites for hydroxylation is 1. The highest BCUT2D eigenvalue weighted by Gasteiger charge is 2.20. The average Bonchev–Trinajstić information content (AvgIpc) is 3.05. The first-order valence-corrected chi connectivity index (χ1v) is 8.65. The molecule has 1 saturated heterocycles. The molecule has 4 rings (SSSR count). The average molecular weight is 322 g/mol. The van der Waals surface area contributed by atoms with Crippen LogP contribution < -0.4 is 4.90 Å². The van der Waals surface area contributed by atoms with Gasteiger partial charge in [-0.25, -0.2) is 15.0 Å². The summed E-state index contributed by atoms with van der Waals surface area (Å²) < 4.78 is 5.43. The van der Waals surface area contributed by atoms with Crippen molar-refractivity contribution < 1.29 is 4.42 Å². The van der Waals surface area contributed by atoms with Gasteiger partial charge in [0.15, 0.2) is 12.2 Å².